The molecule has 0 bridgehead atoms. The average molecular weight is 291 g/mol. The highest BCUT2D eigenvalue weighted by atomic mass is 32.2. The van der Waals surface area contributed by atoms with Gasteiger partial charge in [-0.1, -0.05) is 0 Å². The largest absolute Gasteiger partial charge is 0.383 e. The van der Waals surface area contributed by atoms with Crippen molar-refractivity contribution in [2.24, 2.45) is 5.92 Å². The molecular weight excluding hydrogens is 266 g/mol. The van der Waals surface area contributed by atoms with Gasteiger partial charge in [0.25, 0.3) is 10.2 Å². The zero-order valence-electron chi connectivity index (χ0n) is 11.8. The van der Waals surface area contributed by atoms with Crippen LogP contribution in [-0.2, 0) is 14.9 Å². The number of methoxy groups -OCH3 is 1. The first-order chi connectivity index (χ1) is 8.97. The lowest BCUT2D eigenvalue weighted by Crippen LogP contribution is -2.54. The van der Waals surface area contributed by atoms with Crippen LogP contribution in [0.25, 0.3) is 0 Å². The third kappa shape index (κ3) is 4.13. The van der Waals surface area contributed by atoms with Crippen LogP contribution in [0.5, 0.6) is 0 Å². The van der Waals surface area contributed by atoms with Gasteiger partial charge in [-0.25, -0.2) is 4.72 Å². The van der Waals surface area contributed by atoms with E-state index in [1.807, 2.05) is 0 Å². The van der Waals surface area contributed by atoms with Crippen molar-refractivity contribution in [2.75, 3.05) is 40.4 Å². The van der Waals surface area contributed by atoms with Gasteiger partial charge in [0.05, 0.1) is 12.1 Å². The Bertz CT molecular complexity index is 389. The lowest BCUT2D eigenvalue weighted by atomic mass is 9.99. The molecule has 7 heteroatoms. The Morgan fingerprint density at radius 1 is 1.47 bits per heavy atom. The van der Waals surface area contributed by atoms with E-state index in [4.69, 9.17) is 4.74 Å². The highest BCUT2D eigenvalue weighted by molar-refractivity contribution is 7.87. The summed E-state index contributed by atoms with van der Waals surface area (Å²) < 4.78 is 33.7. The van der Waals surface area contributed by atoms with Crippen molar-refractivity contribution in [3.8, 4) is 0 Å². The first-order valence-corrected chi connectivity index (χ1v) is 8.36. The summed E-state index contributed by atoms with van der Waals surface area (Å²) in [6.07, 6.45) is 4.29. The summed E-state index contributed by atoms with van der Waals surface area (Å²) in [5.41, 5.74) is -0.248. The van der Waals surface area contributed by atoms with Gasteiger partial charge < -0.3 is 10.1 Å². The molecule has 0 aromatic rings. The second-order valence-electron chi connectivity index (χ2n) is 5.79. The molecule has 2 fully saturated rings. The summed E-state index contributed by atoms with van der Waals surface area (Å²) in [6, 6.07) is 0. The van der Waals surface area contributed by atoms with E-state index in [1.54, 1.807) is 14.2 Å². The van der Waals surface area contributed by atoms with Crippen LogP contribution in [0.15, 0.2) is 0 Å². The summed E-state index contributed by atoms with van der Waals surface area (Å²) >= 11 is 0. The minimum Gasteiger partial charge on any atom is -0.383 e. The van der Waals surface area contributed by atoms with E-state index in [0.717, 1.165) is 32.2 Å². The van der Waals surface area contributed by atoms with Crippen molar-refractivity contribution in [3.63, 3.8) is 0 Å². The Hall–Kier alpha value is -0.210. The number of nitrogens with zero attached hydrogens (tertiary/aromatic N) is 1. The molecule has 2 N–H and O–H groups in total. The van der Waals surface area contributed by atoms with Crippen LogP contribution < -0.4 is 10.0 Å². The van der Waals surface area contributed by atoms with E-state index in [1.165, 1.54) is 4.31 Å². The second-order valence-corrected chi connectivity index (χ2v) is 7.66. The van der Waals surface area contributed by atoms with Crippen LogP contribution in [-0.4, -0.2) is 58.7 Å². The van der Waals surface area contributed by atoms with Gasteiger partial charge in [-0.15, -0.1) is 0 Å². The predicted molar refractivity (Wildman–Crippen MR) is 74.1 cm³/mol. The molecule has 0 spiro atoms. The fraction of sp³-hybridized carbons (Fsp3) is 1.00. The lowest BCUT2D eigenvalue weighted by molar-refractivity contribution is 0.122. The van der Waals surface area contributed by atoms with E-state index in [2.05, 4.69) is 10.0 Å². The van der Waals surface area contributed by atoms with Gasteiger partial charge in [0.15, 0.2) is 0 Å². The highest BCUT2D eigenvalue weighted by Crippen LogP contribution is 2.29. The molecule has 0 aromatic heterocycles. The van der Waals surface area contributed by atoms with Gasteiger partial charge in [-0.05, 0) is 38.1 Å². The predicted octanol–water partition coefficient (Wildman–Crippen LogP) is -0.0688. The van der Waals surface area contributed by atoms with Crippen LogP contribution in [0, 0.1) is 5.92 Å². The van der Waals surface area contributed by atoms with Gasteiger partial charge in [0.1, 0.15) is 0 Å². The molecule has 19 heavy (non-hydrogen) atoms. The van der Waals surface area contributed by atoms with E-state index in [0.29, 0.717) is 25.6 Å². The number of nitrogens with one attached hydrogen (secondary N) is 2. The van der Waals surface area contributed by atoms with Crippen molar-refractivity contribution in [3.05, 3.63) is 0 Å². The molecule has 2 aliphatic rings. The van der Waals surface area contributed by atoms with Crippen LogP contribution in [0.1, 0.15) is 25.7 Å². The number of ether oxygens (including phenoxy) is 1. The van der Waals surface area contributed by atoms with Crippen LogP contribution in [0.3, 0.4) is 0 Å². The van der Waals surface area contributed by atoms with E-state index in [9.17, 15) is 8.42 Å². The number of hydrogen-bond donors (Lipinski definition) is 2. The van der Waals surface area contributed by atoms with Gasteiger partial charge in [-0.3, -0.25) is 0 Å². The standard InChI is InChI=1S/C12H25N3O3S/c1-15(8-11-4-5-11)19(16,17)14-9-12(10-18-2)6-3-7-13-12/h11,13-14H,3-10H2,1-2H3. The Kier molecular flexibility index (Phi) is 4.84. The first-order valence-electron chi connectivity index (χ1n) is 6.92. The molecule has 1 atom stereocenters. The summed E-state index contributed by atoms with van der Waals surface area (Å²) in [5.74, 6) is 0.555. The molecule has 2 rings (SSSR count). The molecule has 1 aliphatic heterocycles. The summed E-state index contributed by atoms with van der Waals surface area (Å²) in [5, 5.41) is 3.37. The van der Waals surface area contributed by atoms with Gasteiger partial charge >= 0.3 is 0 Å². The molecule has 1 heterocycles. The monoisotopic (exact) mass is 291 g/mol. The van der Waals surface area contributed by atoms with Crippen LogP contribution in [0.2, 0.25) is 0 Å². The quantitative estimate of drug-likeness (QED) is 0.657. The molecule has 1 aliphatic carbocycles. The third-order valence-corrected chi connectivity index (χ3v) is 5.45. The lowest BCUT2D eigenvalue weighted by Gasteiger charge is -2.30. The van der Waals surface area contributed by atoms with Crippen LogP contribution in [0.4, 0.5) is 0 Å². The van der Waals surface area contributed by atoms with Crippen LogP contribution >= 0.6 is 0 Å². The third-order valence-electron chi connectivity index (χ3n) is 3.97. The molecule has 1 unspecified atom stereocenters. The fourth-order valence-corrected chi connectivity index (χ4v) is 3.66. The molecule has 6 nitrogen and oxygen atoms in total. The molecular formula is C12H25N3O3S. The minimum atomic E-state index is -3.37. The highest BCUT2D eigenvalue weighted by Gasteiger charge is 2.36. The van der Waals surface area contributed by atoms with Gasteiger partial charge in [-0.2, -0.15) is 12.7 Å². The Labute approximate surface area is 116 Å². The minimum absolute atomic E-state index is 0.248. The van der Waals surface area contributed by atoms with Gasteiger partial charge in [0.2, 0.25) is 0 Å². The second kappa shape index (κ2) is 6.05. The van der Waals surface area contributed by atoms with E-state index < -0.39 is 10.2 Å². The Morgan fingerprint density at radius 3 is 2.74 bits per heavy atom. The zero-order valence-corrected chi connectivity index (χ0v) is 12.6. The summed E-state index contributed by atoms with van der Waals surface area (Å²) in [7, 11) is -0.0786. The first kappa shape index (κ1) is 15.2. The fourth-order valence-electron chi connectivity index (χ4n) is 2.57. The average Bonchev–Trinajstić information content (AvgIpc) is 3.05. The maximum absolute atomic E-state index is 12.1. The molecule has 0 aromatic carbocycles. The SMILES string of the molecule is COCC1(CNS(=O)(=O)N(C)CC2CC2)CCCN1. The van der Waals surface area contributed by atoms with E-state index in [-0.39, 0.29) is 5.54 Å². The normalized spacial score (nSPS) is 28.2. The van der Waals surface area contributed by atoms with E-state index >= 15 is 0 Å². The van der Waals surface area contributed by atoms with Crippen molar-refractivity contribution in [1.82, 2.24) is 14.3 Å². The molecule has 0 radical (unpaired) electrons. The number of hydrogen-bond acceptors (Lipinski definition) is 4. The summed E-state index contributed by atoms with van der Waals surface area (Å²) in [4.78, 5) is 0. The topological polar surface area (TPSA) is 70.7 Å². The molecule has 112 valence electrons. The smallest absolute Gasteiger partial charge is 0.279 e. The molecule has 1 saturated carbocycles. The zero-order chi connectivity index (χ0) is 13.9. The molecule has 0 amide bonds. The maximum atomic E-state index is 12.1. The Balaban J connectivity index is 1.87. The van der Waals surface area contributed by atoms with Crippen molar-refractivity contribution >= 4 is 10.2 Å². The van der Waals surface area contributed by atoms with Gasteiger partial charge in [0, 0.05) is 27.2 Å². The summed E-state index contributed by atoms with van der Waals surface area (Å²) in [6.45, 7) is 2.46. The van der Waals surface area contributed by atoms with Crippen molar-refractivity contribution in [1.29, 1.82) is 0 Å². The molecule has 1 saturated heterocycles. The number of rotatable bonds is 8. The Morgan fingerprint density at radius 2 is 2.21 bits per heavy atom. The maximum Gasteiger partial charge on any atom is 0.279 e. The van der Waals surface area contributed by atoms with Crippen molar-refractivity contribution in [2.45, 2.75) is 31.2 Å². The van der Waals surface area contributed by atoms with Crippen molar-refractivity contribution < 1.29 is 13.2 Å².